The number of fused-ring (bicyclic) bond motifs is 1. The van der Waals surface area contributed by atoms with Crippen LogP contribution in [0, 0.1) is 0 Å². The van der Waals surface area contributed by atoms with Gasteiger partial charge in [0.15, 0.2) is 0 Å². The Bertz CT molecular complexity index is 826. The third-order valence-electron chi connectivity index (χ3n) is 3.43. The summed E-state index contributed by atoms with van der Waals surface area (Å²) in [6, 6.07) is 9.42. The third kappa shape index (κ3) is 3.59. The van der Waals surface area contributed by atoms with Gasteiger partial charge >= 0.3 is 0 Å². The third-order valence-corrected chi connectivity index (χ3v) is 5.11. The first-order chi connectivity index (χ1) is 11.5. The molecule has 3 rings (SSSR count). The van der Waals surface area contributed by atoms with Crippen LogP contribution >= 0.6 is 47.8 Å². The first-order valence-corrected chi connectivity index (χ1v) is 9.43. The van der Waals surface area contributed by atoms with E-state index in [1.165, 1.54) is 0 Å². The molecule has 124 valence electrons. The Hall–Kier alpha value is -1.15. The molecule has 0 saturated carbocycles. The lowest BCUT2D eigenvalue weighted by Crippen LogP contribution is -2.04. The fourth-order valence-corrected chi connectivity index (χ4v) is 4.23. The van der Waals surface area contributed by atoms with E-state index in [1.54, 1.807) is 0 Å². The monoisotopic (exact) mass is 515 g/mol. The molecule has 2 N–H and O–H groups in total. The zero-order valence-corrected chi connectivity index (χ0v) is 17.0. The predicted molar refractivity (Wildman–Crippen MR) is 105 cm³/mol. The minimum Gasteiger partial charge on any atom is -0.489 e. The number of nitrogens with one attached hydrogen (secondary N) is 1. The van der Waals surface area contributed by atoms with E-state index in [9.17, 15) is 4.79 Å². The largest absolute Gasteiger partial charge is 0.489 e. The van der Waals surface area contributed by atoms with Gasteiger partial charge in [-0.1, -0.05) is 15.9 Å². The summed E-state index contributed by atoms with van der Waals surface area (Å²) < 4.78 is 7.88. The van der Waals surface area contributed by atoms with Crippen molar-refractivity contribution in [3.8, 4) is 5.75 Å². The van der Waals surface area contributed by atoms with Crippen LogP contribution in [0.25, 0.3) is 11.6 Å². The van der Waals surface area contributed by atoms with Crippen LogP contribution < -0.4 is 10.1 Å². The first kappa shape index (κ1) is 17.7. The molecule has 0 fully saturated rings. The number of amides is 1. The van der Waals surface area contributed by atoms with E-state index in [2.05, 4.69) is 53.1 Å². The van der Waals surface area contributed by atoms with Gasteiger partial charge in [0.2, 0.25) is 0 Å². The molecule has 1 amide bonds. The van der Waals surface area contributed by atoms with E-state index >= 15 is 0 Å². The average molecular weight is 518 g/mol. The van der Waals surface area contributed by atoms with E-state index in [1.807, 2.05) is 36.4 Å². The maximum absolute atomic E-state index is 12.3. The van der Waals surface area contributed by atoms with Crippen LogP contribution in [0.2, 0.25) is 0 Å². The smallest absolute Gasteiger partial charge is 0.256 e. The molecule has 1 aliphatic heterocycles. The molecule has 0 atom stereocenters. The van der Waals surface area contributed by atoms with Gasteiger partial charge in [-0.05, 0) is 73.8 Å². The molecule has 0 spiro atoms. The number of hydrogen-bond acceptors (Lipinski definition) is 3. The van der Waals surface area contributed by atoms with Gasteiger partial charge in [-0.3, -0.25) is 4.79 Å². The topological polar surface area (TPSA) is 58.6 Å². The van der Waals surface area contributed by atoms with Gasteiger partial charge in [0.1, 0.15) is 12.4 Å². The minimum absolute atomic E-state index is 0.0590. The van der Waals surface area contributed by atoms with E-state index in [-0.39, 0.29) is 19.1 Å². The Morgan fingerprint density at radius 2 is 1.83 bits per heavy atom. The molecule has 0 saturated heterocycles. The maximum Gasteiger partial charge on any atom is 0.256 e. The molecule has 0 bridgehead atoms. The standard InChI is InChI=1S/C17H12Br3NO3/c18-10-1-2-15-11(8-10)12(17(23)21-15)5-9-6-13(19)16(14(20)7-9)24-4-3-22/h1-2,5-8,22H,3-4H2,(H,21,23)/b12-5-. The van der Waals surface area contributed by atoms with Crippen molar-refractivity contribution in [2.24, 2.45) is 0 Å². The number of aliphatic hydroxyl groups is 1. The number of benzene rings is 2. The van der Waals surface area contributed by atoms with E-state index in [0.29, 0.717) is 11.3 Å². The van der Waals surface area contributed by atoms with Crippen molar-refractivity contribution in [2.75, 3.05) is 18.5 Å². The molecular weight excluding hydrogens is 506 g/mol. The summed E-state index contributed by atoms with van der Waals surface area (Å²) in [5.74, 6) is 0.487. The number of aliphatic hydroxyl groups excluding tert-OH is 1. The molecule has 2 aromatic carbocycles. The van der Waals surface area contributed by atoms with Crippen molar-refractivity contribution in [2.45, 2.75) is 0 Å². The Labute approximate surface area is 164 Å². The summed E-state index contributed by atoms with van der Waals surface area (Å²) >= 11 is 10.4. The van der Waals surface area contributed by atoms with Gasteiger partial charge < -0.3 is 15.2 Å². The van der Waals surface area contributed by atoms with Crippen LogP contribution in [0.15, 0.2) is 43.7 Å². The average Bonchev–Trinajstić information content (AvgIpc) is 2.82. The maximum atomic E-state index is 12.3. The van der Waals surface area contributed by atoms with Gasteiger partial charge in [-0.2, -0.15) is 0 Å². The second kappa shape index (κ2) is 7.39. The van der Waals surface area contributed by atoms with Gasteiger partial charge in [0, 0.05) is 21.3 Å². The number of hydrogen-bond donors (Lipinski definition) is 2. The Balaban J connectivity index is 2.01. The van der Waals surface area contributed by atoms with E-state index in [0.717, 1.165) is 30.2 Å². The zero-order valence-electron chi connectivity index (χ0n) is 12.3. The van der Waals surface area contributed by atoms with Gasteiger partial charge in [-0.25, -0.2) is 0 Å². The summed E-state index contributed by atoms with van der Waals surface area (Å²) in [5.41, 5.74) is 3.12. The van der Waals surface area contributed by atoms with Crippen LogP contribution in [-0.2, 0) is 4.79 Å². The number of carbonyl (C=O) groups is 1. The molecule has 0 radical (unpaired) electrons. The molecule has 24 heavy (non-hydrogen) atoms. The van der Waals surface area contributed by atoms with Gasteiger partial charge in [0.25, 0.3) is 5.91 Å². The lowest BCUT2D eigenvalue weighted by molar-refractivity contribution is -0.110. The minimum atomic E-state index is -0.129. The van der Waals surface area contributed by atoms with Crippen LogP contribution in [0.4, 0.5) is 5.69 Å². The highest BCUT2D eigenvalue weighted by Gasteiger charge is 2.24. The number of ether oxygens (including phenoxy) is 1. The van der Waals surface area contributed by atoms with Crippen molar-refractivity contribution >= 4 is 71.0 Å². The van der Waals surface area contributed by atoms with Crippen molar-refractivity contribution in [1.29, 1.82) is 0 Å². The fraction of sp³-hybridized carbons (Fsp3) is 0.118. The predicted octanol–water partition coefficient (Wildman–Crippen LogP) is 4.84. The van der Waals surface area contributed by atoms with E-state index < -0.39 is 0 Å². The SMILES string of the molecule is O=C1Nc2ccc(Br)cc2/C1=C/c1cc(Br)c(OCCO)c(Br)c1. The quantitative estimate of drug-likeness (QED) is 0.571. The van der Waals surface area contributed by atoms with E-state index in [4.69, 9.17) is 9.84 Å². The second-order valence-corrected chi connectivity index (χ2v) is 7.71. The van der Waals surface area contributed by atoms with Crippen LogP contribution in [0.5, 0.6) is 5.75 Å². The highest BCUT2D eigenvalue weighted by molar-refractivity contribution is 9.11. The van der Waals surface area contributed by atoms with Crippen molar-refractivity contribution in [3.05, 3.63) is 54.9 Å². The summed E-state index contributed by atoms with van der Waals surface area (Å²) in [4.78, 5) is 12.3. The van der Waals surface area contributed by atoms with Gasteiger partial charge in [0.05, 0.1) is 15.6 Å². The highest BCUT2D eigenvalue weighted by atomic mass is 79.9. The first-order valence-electron chi connectivity index (χ1n) is 7.05. The molecule has 0 aromatic heterocycles. The zero-order chi connectivity index (χ0) is 17.3. The van der Waals surface area contributed by atoms with Crippen molar-refractivity contribution in [3.63, 3.8) is 0 Å². The molecule has 4 nitrogen and oxygen atoms in total. The molecule has 2 aromatic rings. The Morgan fingerprint density at radius 1 is 1.12 bits per heavy atom. The van der Waals surface area contributed by atoms with Crippen molar-refractivity contribution in [1.82, 2.24) is 0 Å². The number of rotatable bonds is 4. The summed E-state index contributed by atoms with van der Waals surface area (Å²) in [7, 11) is 0. The van der Waals surface area contributed by atoms with Crippen LogP contribution in [-0.4, -0.2) is 24.2 Å². The molecule has 1 aliphatic rings. The Kier molecular flexibility index (Phi) is 5.44. The Morgan fingerprint density at radius 3 is 2.50 bits per heavy atom. The number of anilines is 1. The van der Waals surface area contributed by atoms with Gasteiger partial charge in [-0.15, -0.1) is 0 Å². The molecular formula is C17H12Br3NO3. The van der Waals surface area contributed by atoms with Crippen LogP contribution in [0.3, 0.4) is 0 Å². The molecule has 0 aliphatic carbocycles. The lowest BCUT2D eigenvalue weighted by Gasteiger charge is -2.10. The van der Waals surface area contributed by atoms with Crippen LogP contribution in [0.1, 0.15) is 11.1 Å². The molecule has 1 heterocycles. The summed E-state index contributed by atoms with van der Waals surface area (Å²) in [5, 5.41) is 11.7. The summed E-state index contributed by atoms with van der Waals surface area (Å²) in [6.45, 7) is 0.151. The highest BCUT2D eigenvalue weighted by Crippen LogP contribution is 2.38. The normalized spacial score (nSPS) is 14.7. The van der Waals surface area contributed by atoms with Crippen molar-refractivity contribution < 1.29 is 14.6 Å². The number of carbonyl (C=O) groups excluding carboxylic acids is 1. The second-order valence-electron chi connectivity index (χ2n) is 5.09. The summed E-state index contributed by atoms with van der Waals surface area (Å²) in [6.07, 6.45) is 1.83. The lowest BCUT2D eigenvalue weighted by atomic mass is 10.0. The fourth-order valence-electron chi connectivity index (χ4n) is 2.42. The molecule has 0 unspecified atom stereocenters. The number of halogens is 3. The molecule has 7 heteroatoms.